The third-order valence-electron chi connectivity index (χ3n) is 5.86. The van der Waals surface area contributed by atoms with E-state index in [1.165, 1.54) is 12.1 Å². The molecule has 6 heteroatoms. The maximum atomic E-state index is 13.6. The number of halogens is 1. The fourth-order valence-corrected chi connectivity index (χ4v) is 4.62. The SMILES string of the molecule is CC(C)N1c2ccccc2[C@H](c2ccc(F)cc2)[C@H]1/C=C\[C@@H](O)C[C@@H](O)CC(=O)OC(C)(C)C. The average molecular weight is 470 g/mol. The molecule has 0 spiro atoms. The number of carbonyl (C=O) groups excluding carboxylic acids is 1. The normalized spacial score (nSPS) is 20.0. The van der Waals surface area contributed by atoms with Crippen molar-refractivity contribution >= 4 is 11.7 Å². The number of aliphatic hydroxyl groups excluding tert-OH is 2. The van der Waals surface area contributed by atoms with Crippen LogP contribution in [0.2, 0.25) is 0 Å². The molecule has 0 aliphatic carbocycles. The van der Waals surface area contributed by atoms with E-state index in [2.05, 4.69) is 30.9 Å². The van der Waals surface area contributed by atoms with Crippen LogP contribution in [0, 0.1) is 5.82 Å². The molecular formula is C28H36FNO4. The zero-order valence-corrected chi connectivity index (χ0v) is 20.6. The van der Waals surface area contributed by atoms with Crippen molar-refractivity contribution in [3.05, 3.63) is 77.6 Å². The summed E-state index contributed by atoms with van der Waals surface area (Å²) in [6.45, 7) is 9.54. The van der Waals surface area contributed by atoms with Crippen LogP contribution in [0.25, 0.3) is 0 Å². The van der Waals surface area contributed by atoms with Gasteiger partial charge >= 0.3 is 5.97 Å². The van der Waals surface area contributed by atoms with Crippen LogP contribution in [0.1, 0.15) is 64.5 Å². The van der Waals surface area contributed by atoms with Gasteiger partial charge in [-0.05, 0) is 63.9 Å². The standard InChI is InChI=1S/C28H36FNO4/c1-18(2)30-24-9-7-6-8-23(24)27(19-10-12-20(29)13-11-19)25(30)15-14-21(31)16-22(32)17-26(33)34-28(3,4)5/h6-15,18,21-22,25,27,31-32H,16-17H2,1-5H3/b15-14-/t21-,22-,25-,27+/m1/s1. The molecule has 1 heterocycles. The maximum Gasteiger partial charge on any atom is 0.308 e. The Kier molecular flexibility index (Phi) is 8.16. The van der Waals surface area contributed by atoms with Crippen LogP contribution in [0.15, 0.2) is 60.7 Å². The lowest BCUT2D eigenvalue weighted by Gasteiger charge is -2.32. The minimum atomic E-state index is -1.01. The van der Waals surface area contributed by atoms with E-state index in [0.29, 0.717) is 0 Å². The van der Waals surface area contributed by atoms with Crippen LogP contribution in [0.5, 0.6) is 0 Å². The van der Waals surface area contributed by atoms with Crippen molar-refractivity contribution in [3.8, 4) is 0 Å². The van der Waals surface area contributed by atoms with Gasteiger partial charge in [-0.25, -0.2) is 4.39 Å². The monoisotopic (exact) mass is 469 g/mol. The number of hydrogen-bond acceptors (Lipinski definition) is 5. The molecule has 0 saturated carbocycles. The molecule has 0 saturated heterocycles. The Hall–Kier alpha value is -2.70. The third kappa shape index (κ3) is 6.45. The van der Waals surface area contributed by atoms with Gasteiger partial charge in [-0.2, -0.15) is 0 Å². The van der Waals surface area contributed by atoms with E-state index in [4.69, 9.17) is 4.74 Å². The van der Waals surface area contributed by atoms with Gasteiger partial charge < -0.3 is 19.8 Å². The van der Waals surface area contributed by atoms with Crippen molar-refractivity contribution in [2.24, 2.45) is 0 Å². The molecule has 0 aromatic heterocycles. The lowest BCUT2D eigenvalue weighted by molar-refractivity contribution is -0.157. The van der Waals surface area contributed by atoms with Crippen LogP contribution < -0.4 is 4.90 Å². The molecule has 2 aromatic carbocycles. The smallest absolute Gasteiger partial charge is 0.308 e. The first-order valence-corrected chi connectivity index (χ1v) is 11.9. The fourth-order valence-electron chi connectivity index (χ4n) is 4.62. The minimum Gasteiger partial charge on any atom is -0.460 e. The van der Waals surface area contributed by atoms with Crippen LogP contribution in [-0.4, -0.2) is 46.1 Å². The number of para-hydroxylation sites is 1. The predicted octanol–water partition coefficient (Wildman–Crippen LogP) is 4.95. The number of nitrogens with zero attached hydrogens (tertiary/aromatic N) is 1. The van der Waals surface area contributed by atoms with Gasteiger partial charge in [0.1, 0.15) is 11.4 Å². The summed E-state index contributed by atoms with van der Waals surface area (Å²) in [7, 11) is 0. The fraction of sp³-hybridized carbons (Fsp3) is 0.464. The van der Waals surface area contributed by atoms with Crippen molar-refractivity contribution < 1.29 is 24.1 Å². The molecule has 0 radical (unpaired) electrons. The molecule has 0 bridgehead atoms. The molecule has 0 amide bonds. The predicted molar refractivity (Wildman–Crippen MR) is 132 cm³/mol. The van der Waals surface area contributed by atoms with E-state index >= 15 is 0 Å². The van der Waals surface area contributed by atoms with E-state index in [9.17, 15) is 19.4 Å². The topological polar surface area (TPSA) is 70.0 Å². The largest absolute Gasteiger partial charge is 0.460 e. The molecule has 5 nitrogen and oxygen atoms in total. The zero-order chi connectivity index (χ0) is 25.0. The van der Waals surface area contributed by atoms with Crippen molar-refractivity contribution in [1.29, 1.82) is 0 Å². The number of aliphatic hydroxyl groups is 2. The average Bonchev–Trinajstić information content (AvgIpc) is 3.05. The van der Waals surface area contributed by atoms with Gasteiger partial charge in [0.05, 0.1) is 24.7 Å². The summed E-state index contributed by atoms with van der Waals surface area (Å²) in [5, 5.41) is 20.9. The summed E-state index contributed by atoms with van der Waals surface area (Å²) >= 11 is 0. The first-order valence-electron chi connectivity index (χ1n) is 11.9. The van der Waals surface area contributed by atoms with Crippen LogP contribution >= 0.6 is 0 Å². The van der Waals surface area contributed by atoms with Gasteiger partial charge in [0.2, 0.25) is 0 Å². The number of esters is 1. The Morgan fingerprint density at radius 3 is 2.38 bits per heavy atom. The number of ether oxygens (including phenoxy) is 1. The Balaban J connectivity index is 1.80. The minimum absolute atomic E-state index is 0.0261. The molecule has 2 N–H and O–H groups in total. The molecular weight excluding hydrogens is 433 g/mol. The number of anilines is 1. The van der Waals surface area contributed by atoms with Gasteiger partial charge in [0.15, 0.2) is 0 Å². The molecule has 1 aliphatic rings. The summed E-state index contributed by atoms with van der Waals surface area (Å²) in [6, 6.07) is 14.8. The summed E-state index contributed by atoms with van der Waals surface area (Å²) in [6.07, 6.45) is 1.55. The molecule has 0 fully saturated rings. The molecule has 0 unspecified atom stereocenters. The van der Waals surface area contributed by atoms with E-state index in [1.807, 2.05) is 30.3 Å². The van der Waals surface area contributed by atoms with Crippen molar-refractivity contribution in [2.45, 2.75) is 83.3 Å². The molecule has 184 valence electrons. The van der Waals surface area contributed by atoms with Gasteiger partial charge in [0, 0.05) is 24.1 Å². The molecule has 34 heavy (non-hydrogen) atoms. The summed E-state index contributed by atoms with van der Waals surface area (Å²) in [5.41, 5.74) is 2.63. The highest BCUT2D eigenvalue weighted by atomic mass is 19.1. The summed E-state index contributed by atoms with van der Waals surface area (Å²) in [5.74, 6) is -0.809. The lowest BCUT2D eigenvalue weighted by atomic mass is 9.87. The van der Waals surface area contributed by atoms with Gasteiger partial charge in [-0.1, -0.05) is 42.5 Å². The molecule has 2 aromatic rings. The van der Waals surface area contributed by atoms with Gasteiger partial charge in [0.25, 0.3) is 0 Å². The number of hydrogen-bond donors (Lipinski definition) is 2. The second-order valence-corrected chi connectivity index (χ2v) is 10.2. The highest BCUT2D eigenvalue weighted by Gasteiger charge is 2.39. The summed E-state index contributed by atoms with van der Waals surface area (Å²) < 4.78 is 18.9. The summed E-state index contributed by atoms with van der Waals surface area (Å²) in [4.78, 5) is 14.3. The third-order valence-corrected chi connectivity index (χ3v) is 5.86. The quantitative estimate of drug-likeness (QED) is 0.423. The second-order valence-electron chi connectivity index (χ2n) is 10.2. The highest BCUT2D eigenvalue weighted by Crippen LogP contribution is 2.46. The van der Waals surface area contributed by atoms with Gasteiger partial charge in [-0.3, -0.25) is 4.79 Å². The van der Waals surface area contributed by atoms with Crippen molar-refractivity contribution in [2.75, 3.05) is 4.90 Å². The number of carbonyl (C=O) groups is 1. The maximum absolute atomic E-state index is 13.6. The van der Waals surface area contributed by atoms with Crippen LogP contribution in [0.4, 0.5) is 10.1 Å². The van der Waals surface area contributed by atoms with Crippen LogP contribution in [0.3, 0.4) is 0 Å². The Bertz CT molecular complexity index is 996. The number of benzene rings is 2. The molecule has 1 aliphatic heterocycles. The van der Waals surface area contributed by atoms with Crippen LogP contribution in [-0.2, 0) is 9.53 Å². The van der Waals surface area contributed by atoms with E-state index in [-0.39, 0.29) is 36.7 Å². The van der Waals surface area contributed by atoms with E-state index in [1.54, 1.807) is 26.8 Å². The second kappa shape index (κ2) is 10.7. The molecule has 4 atom stereocenters. The van der Waals surface area contributed by atoms with E-state index in [0.717, 1.165) is 16.8 Å². The van der Waals surface area contributed by atoms with Gasteiger partial charge in [-0.15, -0.1) is 0 Å². The zero-order valence-electron chi connectivity index (χ0n) is 20.6. The Morgan fingerprint density at radius 2 is 1.76 bits per heavy atom. The van der Waals surface area contributed by atoms with Crippen molar-refractivity contribution in [1.82, 2.24) is 0 Å². The van der Waals surface area contributed by atoms with Crippen molar-refractivity contribution in [3.63, 3.8) is 0 Å². The van der Waals surface area contributed by atoms with E-state index < -0.39 is 23.8 Å². The first kappa shape index (κ1) is 25.9. The first-order chi connectivity index (χ1) is 16.0. The highest BCUT2D eigenvalue weighted by molar-refractivity contribution is 5.70. The number of fused-ring (bicyclic) bond motifs is 1. The Morgan fingerprint density at radius 1 is 1.12 bits per heavy atom. The molecule has 3 rings (SSSR count). The lowest BCUT2D eigenvalue weighted by Crippen LogP contribution is -2.38. The Labute approximate surface area is 201 Å². The number of rotatable bonds is 8.